The van der Waals surface area contributed by atoms with Gasteiger partial charge in [-0.05, 0) is 19.4 Å². The third kappa shape index (κ3) is 7.57. The average molecular weight is 410 g/mol. The molecule has 0 spiro atoms. The van der Waals surface area contributed by atoms with Crippen LogP contribution >= 0.6 is 12.6 Å². The first-order valence-corrected chi connectivity index (χ1v) is 9.33. The fourth-order valence-electron chi connectivity index (χ4n) is 2.22. The van der Waals surface area contributed by atoms with Gasteiger partial charge in [0, 0.05) is 12.2 Å². The van der Waals surface area contributed by atoms with E-state index in [1.54, 1.807) is 24.3 Å². The summed E-state index contributed by atoms with van der Waals surface area (Å²) < 4.78 is 0. The number of benzene rings is 1. The number of carbonyl (C=O) groups is 4. The van der Waals surface area contributed by atoms with Crippen molar-refractivity contribution < 1.29 is 24.3 Å². The summed E-state index contributed by atoms with van der Waals surface area (Å²) in [5.41, 5.74) is 6.37. The lowest BCUT2D eigenvalue weighted by atomic mass is 10.0. The van der Waals surface area contributed by atoms with Crippen LogP contribution in [-0.4, -0.2) is 58.7 Å². The third-order valence-corrected chi connectivity index (χ3v) is 4.24. The van der Waals surface area contributed by atoms with Crippen LogP contribution in [0, 0.1) is 0 Å². The number of carboxylic acids is 1. The number of carbonyl (C=O) groups excluding carboxylic acids is 3. The molecule has 6 N–H and O–H groups in total. The molecule has 0 radical (unpaired) electrons. The van der Waals surface area contributed by atoms with E-state index < -0.39 is 47.9 Å². The molecule has 0 heterocycles. The molecule has 0 bridgehead atoms. The lowest BCUT2D eigenvalue weighted by molar-refractivity contribution is -0.141. The Morgan fingerprint density at radius 1 is 0.964 bits per heavy atom. The maximum Gasteiger partial charge on any atom is 0.327 e. The lowest BCUT2D eigenvalue weighted by Crippen LogP contribution is -2.56. The van der Waals surface area contributed by atoms with E-state index in [9.17, 15) is 19.2 Å². The van der Waals surface area contributed by atoms with Crippen molar-refractivity contribution in [1.29, 1.82) is 0 Å². The molecular weight excluding hydrogens is 384 g/mol. The fraction of sp³-hybridized carbons (Fsp3) is 0.444. The van der Waals surface area contributed by atoms with Crippen LogP contribution in [0.25, 0.3) is 0 Å². The number of nitrogens with two attached hydrogens (primary N) is 1. The molecule has 4 unspecified atom stereocenters. The van der Waals surface area contributed by atoms with Crippen molar-refractivity contribution in [3.8, 4) is 0 Å². The number of carboxylic acid groups (broad SMARTS) is 1. The summed E-state index contributed by atoms with van der Waals surface area (Å²) in [4.78, 5) is 47.7. The van der Waals surface area contributed by atoms with Gasteiger partial charge in [-0.1, -0.05) is 30.3 Å². The first-order valence-electron chi connectivity index (χ1n) is 8.70. The molecular formula is C18H26N4O5S. The second kappa shape index (κ2) is 11.3. The molecule has 0 saturated heterocycles. The first kappa shape index (κ1) is 23.4. The number of aliphatic carboxylic acids is 1. The van der Waals surface area contributed by atoms with E-state index in [1.807, 2.05) is 6.07 Å². The Labute approximate surface area is 168 Å². The molecule has 4 atom stereocenters. The summed E-state index contributed by atoms with van der Waals surface area (Å²) in [6.45, 7) is 2.91. The Morgan fingerprint density at radius 2 is 1.54 bits per heavy atom. The van der Waals surface area contributed by atoms with Crippen LogP contribution in [0.3, 0.4) is 0 Å². The summed E-state index contributed by atoms with van der Waals surface area (Å²) >= 11 is 3.87. The van der Waals surface area contributed by atoms with Gasteiger partial charge in [0.1, 0.15) is 18.1 Å². The molecule has 1 aromatic rings. The number of amides is 3. The number of thiol groups is 1. The minimum Gasteiger partial charge on any atom is -0.480 e. The molecule has 28 heavy (non-hydrogen) atoms. The van der Waals surface area contributed by atoms with Crippen LogP contribution in [0.15, 0.2) is 30.3 Å². The van der Waals surface area contributed by atoms with Gasteiger partial charge in [0.2, 0.25) is 17.7 Å². The first-order chi connectivity index (χ1) is 13.1. The van der Waals surface area contributed by atoms with Crippen LogP contribution in [0.2, 0.25) is 0 Å². The smallest absolute Gasteiger partial charge is 0.327 e. The zero-order valence-corrected chi connectivity index (χ0v) is 16.6. The summed E-state index contributed by atoms with van der Waals surface area (Å²) in [6.07, 6.45) is 0.202. The van der Waals surface area contributed by atoms with Gasteiger partial charge >= 0.3 is 5.97 Å². The molecule has 0 saturated carbocycles. The molecule has 0 aliphatic rings. The van der Waals surface area contributed by atoms with Gasteiger partial charge in [-0.3, -0.25) is 14.4 Å². The monoisotopic (exact) mass is 410 g/mol. The van der Waals surface area contributed by atoms with E-state index in [-0.39, 0.29) is 12.2 Å². The van der Waals surface area contributed by atoms with E-state index >= 15 is 0 Å². The van der Waals surface area contributed by atoms with Crippen molar-refractivity contribution >= 4 is 36.3 Å². The van der Waals surface area contributed by atoms with Gasteiger partial charge in [-0.2, -0.15) is 12.6 Å². The summed E-state index contributed by atoms with van der Waals surface area (Å²) in [6, 6.07) is 5.10. The van der Waals surface area contributed by atoms with Gasteiger partial charge in [0.15, 0.2) is 0 Å². The SMILES string of the molecule is CC(N)C(=O)NC(Cc1ccccc1)C(=O)NC(C)C(=O)NC(CS)C(=O)O. The van der Waals surface area contributed by atoms with E-state index in [4.69, 9.17) is 10.8 Å². The molecule has 0 fully saturated rings. The maximum atomic E-state index is 12.6. The van der Waals surface area contributed by atoms with E-state index in [0.29, 0.717) is 0 Å². The lowest BCUT2D eigenvalue weighted by Gasteiger charge is -2.23. The van der Waals surface area contributed by atoms with E-state index in [0.717, 1.165) is 5.56 Å². The second-order valence-electron chi connectivity index (χ2n) is 6.35. The molecule has 0 aliphatic heterocycles. The highest BCUT2D eigenvalue weighted by molar-refractivity contribution is 7.80. The Kier molecular flexibility index (Phi) is 9.46. The molecule has 154 valence electrons. The van der Waals surface area contributed by atoms with Crippen molar-refractivity contribution in [3.63, 3.8) is 0 Å². The minimum atomic E-state index is -1.23. The van der Waals surface area contributed by atoms with Gasteiger partial charge in [0.25, 0.3) is 0 Å². The summed E-state index contributed by atoms with van der Waals surface area (Å²) in [5, 5.41) is 16.3. The van der Waals surface area contributed by atoms with Crippen molar-refractivity contribution in [2.45, 2.75) is 44.4 Å². The van der Waals surface area contributed by atoms with Gasteiger partial charge in [0.05, 0.1) is 6.04 Å². The predicted octanol–water partition coefficient (Wildman–Crippen LogP) is -0.935. The van der Waals surface area contributed by atoms with Crippen LogP contribution < -0.4 is 21.7 Å². The highest BCUT2D eigenvalue weighted by Crippen LogP contribution is 2.04. The number of nitrogens with one attached hydrogen (secondary N) is 3. The number of rotatable bonds is 10. The Balaban J connectivity index is 2.82. The van der Waals surface area contributed by atoms with E-state index in [2.05, 4.69) is 28.6 Å². The minimum absolute atomic E-state index is 0.0944. The Hall–Kier alpha value is -2.59. The normalized spacial score (nSPS) is 14.9. The zero-order valence-electron chi connectivity index (χ0n) is 15.7. The van der Waals surface area contributed by atoms with Gasteiger partial charge in [-0.15, -0.1) is 0 Å². The van der Waals surface area contributed by atoms with E-state index in [1.165, 1.54) is 13.8 Å². The van der Waals surface area contributed by atoms with Crippen molar-refractivity contribution in [1.82, 2.24) is 16.0 Å². The topological polar surface area (TPSA) is 151 Å². The van der Waals surface area contributed by atoms with Crippen LogP contribution in [0.5, 0.6) is 0 Å². The zero-order chi connectivity index (χ0) is 21.3. The third-order valence-electron chi connectivity index (χ3n) is 3.88. The summed E-state index contributed by atoms with van der Waals surface area (Å²) in [7, 11) is 0. The molecule has 3 amide bonds. The predicted molar refractivity (Wildman–Crippen MR) is 107 cm³/mol. The van der Waals surface area contributed by atoms with Gasteiger partial charge in [-0.25, -0.2) is 4.79 Å². The highest BCUT2D eigenvalue weighted by Gasteiger charge is 2.27. The van der Waals surface area contributed by atoms with Crippen LogP contribution in [-0.2, 0) is 25.6 Å². The Morgan fingerprint density at radius 3 is 2.04 bits per heavy atom. The van der Waals surface area contributed by atoms with Crippen LogP contribution in [0.1, 0.15) is 19.4 Å². The molecule has 1 aromatic carbocycles. The maximum absolute atomic E-state index is 12.6. The van der Waals surface area contributed by atoms with Crippen molar-refractivity contribution in [3.05, 3.63) is 35.9 Å². The average Bonchev–Trinajstić information content (AvgIpc) is 2.65. The molecule has 10 heteroatoms. The summed E-state index contributed by atoms with van der Waals surface area (Å²) in [5.74, 6) is -3.09. The van der Waals surface area contributed by atoms with Crippen molar-refractivity contribution in [2.75, 3.05) is 5.75 Å². The number of hydrogen-bond donors (Lipinski definition) is 6. The highest BCUT2D eigenvalue weighted by atomic mass is 32.1. The molecule has 0 aliphatic carbocycles. The van der Waals surface area contributed by atoms with Gasteiger partial charge < -0.3 is 26.8 Å². The fourth-order valence-corrected chi connectivity index (χ4v) is 2.47. The molecule has 1 rings (SSSR count). The standard InChI is InChI=1S/C18H26N4O5S/c1-10(19)15(23)21-13(8-12-6-4-3-5-7-12)17(25)20-11(2)16(24)22-14(9-28)18(26)27/h3-7,10-11,13-14,28H,8-9,19H2,1-2H3,(H,20,25)(H,21,23)(H,22,24)(H,26,27). The second-order valence-corrected chi connectivity index (χ2v) is 6.72. The Bertz CT molecular complexity index is 698. The van der Waals surface area contributed by atoms with Crippen LogP contribution in [0.4, 0.5) is 0 Å². The largest absolute Gasteiger partial charge is 0.480 e. The molecule has 9 nitrogen and oxygen atoms in total. The quantitative estimate of drug-likeness (QED) is 0.274. The van der Waals surface area contributed by atoms with Crippen molar-refractivity contribution in [2.24, 2.45) is 5.73 Å². The molecule has 0 aromatic heterocycles. The number of hydrogen-bond acceptors (Lipinski definition) is 6.